The van der Waals surface area contributed by atoms with Gasteiger partial charge in [-0.15, -0.1) is 11.8 Å². The summed E-state index contributed by atoms with van der Waals surface area (Å²) in [6.07, 6.45) is 1.04. The van der Waals surface area contributed by atoms with E-state index in [0.717, 1.165) is 17.1 Å². The lowest BCUT2D eigenvalue weighted by atomic mass is 10.3. The lowest BCUT2D eigenvalue weighted by Crippen LogP contribution is -2.12. The van der Waals surface area contributed by atoms with Crippen LogP contribution in [0.5, 0.6) is 0 Å². The van der Waals surface area contributed by atoms with Crippen molar-refractivity contribution in [1.29, 1.82) is 0 Å². The zero-order valence-corrected chi connectivity index (χ0v) is 13.1. The third kappa shape index (κ3) is 4.39. The highest BCUT2D eigenvalue weighted by atomic mass is 32.2. The molecule has 0 aliphatic heterocycles. The fourth-order valence-electron chi connectivity index (χ4n) is 1.83. The maximum Gasteiger partial charge on any atom is 0.291 e. The van der Waals surface area contributed by atoms with Crippen LogP contribution >= 0.6 is 11.8 Å². The molecule has 1 aromatic heterocycles. The van der Waals surface area contributed by atoms with Gasteiger partial charge >= 0.3 is 0 Å². The van der Waals surface area contributed by atoms with E-state index in [9.17, 15) is 9.59 Å². The van der Waals surface area contributed by atoms with Crippen molar-refractivity contribution in [1.82, 2.24) is 0 Å². The molecule has 2 aromatic rings. The van der Waals surface area contributed by atoms with Gasteiger partial charge < -0.3 is 15.5 Å². The molecule has 0 bridgehead atoms. The van der Waals surface area contributed by atoms with Crippen LogP contribution in [0.1, 0.15) is 29.7 Å². The van der Waals surface area contributed by atoms with Crippen molar-refractivity contribution < 1.29 is 14.0 Å². The maximum atomic E-state index is 12.2. The Morgan fingerprint density at radius 1 is 1.23 bits per heavy atom. The Kier molecular flexibility index (Phi) is 5.66. The molecule has 2 rings (SSSR count). The molecule has 116 valence electrons. The molecule has 0 aliphatic rings. The lowest BCUT2D eigenvalue weighted by Gasteiger charge is -2.09. The summed E-state index contributed by atoms with van der Waals surface area (Å²) in [5, 5.41) is 2.83. The molecular formula is C16H18N2O3S. The normalized spacial score (nSPS) is 10.4. The van der Waals surface area contributed by atoms with E-state index in [1.807, 2.05) is 31.2 Å². The summed E-state index contributed by atoms with van der Waals surface area (Å²) in [7, 11) is 0. The lowest BCUT2D eigenvalue weighted by molar-refractivity contribution is -0.117. The van der Waals surface area contributed by atoms with Crippen LogP contribution in [-0.4, -0.2) is 17.6 Å². The number of rotatable bonds is 7. The molecule has 0 atom stereocenters. The van der Waals surface area contributed by atoms with E-state index in [-0.39, 0.29) is 17.6 Å². The van der Waals surface area contributed by atoms with Gasteiger partial charge in [-0.3, -0.25) is 9.59 Å². The van der Waals surface area contributed by atoms with Crippen LogP contribution in [0.25, 0.3) is 0 Å². The first-order valence-electron chi connectivity index (χ1n) is 7.00. The largest absolute Gasteiger partial charge is 0.456 e. The van der Waals surface area contributed by atoms with Gasteiger partial charge in [-0.05, 0) is 24.3 Å². The number of primary amides is 1. The number of carbonyl (C=O) groups excluding carboxylic acids is 2. The maximum absolute atomic E-state index is 12.2. The zero-order chi connectivity index (χ0) is 15.9. The molecule has 3 N–H and O–H groups in total. The number of carbonyl (C=O) groups is 2. The second-order valence-electron chi connectivity index (χ2n) is 4.63. The number of thioether (sulfide) groups is 1. The minimum absolute atomic E-state index is 0.286. The first-order chi connectivity index (χ1) is 10.6. The van der Waals surface area contributed by atoms with Crippen molar-refractivity contribution in [3.05, 3.63) is 47.9 Å². The number of aryl methyl sites for hydroxylation is 1. The van der Waals surface area contributed by atoms with Crippen LogP contribution in [0.3, 0.4) is 0 Å². The summed E-state index contributed by atoms with van der Waals surface area (Å²) in [5.41, 5.74) is 5.82. The standard InChI is InChI=1S/C16H18N2O3S/c1-2-11-7-8-13(21-11)16(20)18-12-5-3-4-6-14(12)22-10-9-15(17)19/h3-8H,2,9-10H2,1H3,(H2,17,19)(H,18,20). The molecule has 0 unspecified atom stereocenters. The number of amides is 2. The molecule has 22 heavy (non-hydrogen) atoms. The third-order valence-electron chi connectivity index (χ3n) is 2.98. The highest BCUT2D eigenvalue weighted by Crippen LogP contribution is 2.28. The Hall–Kier alpha value is -2.21. The summed E-state index contributed by atoms with van der Waals surface area (Å²) < 4.78 is 5.44. The van der Waals surface area contributed by atoms with Crippen LogP contribution in [0.15, 0.2) is 45.7 Å². The molecule has 0 fully saturated rings. The van der Waals surface area contributed by atoms with Gasteiger partial charge in [-0.25, -0.2) is 0 Å². The minimum Gasteiger partial charge on any atom is -0.456 e. The Morgan fingerprint density at radius 2 is 2.00 bits per heavy atom. The topological polar surface area (TPSA) is 85.3 Å². The van der Waals surface area contributed by atoms with Gasteiger partial charge in [-0.1, -0.05) is 19.1 Å². The highest BCUT2D eigenvalue weighted by molar-refractivity contribution is 7.99. The molecular weight excluding hydrogens is 300 g/mol. The zero-order valence-electron chi connectivity index (χ0n) is 12.3. The van der Waals surface area contributed by atoms with Crippen molar-refractivity contribution in [2.24, 2.45) is 5.73 Å². The number of para-hydroxylation sites is 1. The number of hydrogen-bond donors (Lipinski definition) is 2. The first kappa shape index (κ1) is 16.2. The number of nitrogens with two attached hydrogens (primary N) is 1. The average molecular weight is 318 g/mol. The van der Waals surface area contributed by atoms with E-state index < -0.39 is 0 Å². The molecule has 0 aliphatic carbocycles. The molecule has 0 radical (unpaired) electrons. The van der Waals surface area contributed by atoms with Crippen LogP contribution in [0.2, 0.25) is 0 Å². The second-order valence-corrected chi connectivity index (χ2v) is 5.77. The number of benzene rings is 1. The van der Waals surface area contributed by atoms with E-state index in [4.69, 9.17) is 10.2 Å². The molecule has 5 nitrogen and oxygen atoms in total. The highest BCUT2D eigenvalue weighted by Gasteiger charge is 2.13. The van der Waals surface area contributed by atoms with Crippen LogP contribution in [0, 0.1) is 0 Å². The SMILES string of the molecule is CCc1ccc(C(=O)Nc2ccccc2SCCC(N)=O)o1. The van der Waals surface area contributed by atoms with Crippen LogP contribution in [-0.2, 0) is 11.2 Å². The summed E-state index contributed by atoms with van der Waals surface area (Å²) >= 11 is 1.48. The monoisotopic (exact) mass is 318 g/mol. The minimum atomic E-state index is -0.336. The number of nitrogens with one attached hydrogen (secondary N) is 1. The van der Waals surface area contributed by atoms with E-state index in [1.165, 1.54) is 11.8 Å². The first-order valence-corrected chi connectivity index (χ1v) is 7.99. The molecule has 2 amide bonds. The van der Waals surface area contributed by atoms with E-state index >= 15 is 0 Å². The van der Waals surface area contributed by atoms with Crippen molar-refractivity contribution in [3.63, 3.8) is 0 Å². The fraction of sp³-hybridized carbons (Fsp3) is 0.250. The average Bonchev–Trinajstić information content (AvgIpc) is 2.98. The molecule has 0 spiro atoms. The molecule has 1 heterocycles. The van der Waals surface area contributed by atoms with Crippen molar-refractivity contribution in [3.8, 4) is 0 Å². The molecule has 1 aromatic carbocycles. The second kappa shape index (κ2) is 7.70. The fourth-order valence-corrected chi connectivity index (χ4v) is 2.80. The van der Waals surface area contributed by atoms with E-state index in [0.29, 0.717) is 17.9 Å². The molecule has 6 heteroatoms. The predicted molar refractivity (Wildman–Crippen MR) is 87.0 cm³/mol. The quantitative estimate of drug-likeness (QED) is 0.768. The molecule has 0 saturated heterocycles. The number of furan rings is 1. The summed E-state index contributed by atoms with van der Waals surface area (Å²) in [4.78, 5) is 23.9. The van der Waals surface area contributed by atoms with Crippen molar-refractivity contribution in [2.45, 2.75) is 24.7 Å². The Balaban J connectivity index is 2.05. The van der Waals surface area contributed by atoms with Gasteiger partial charge in [0.25, 0.3) is 5.91 Å². The predicted octanol–water partition coefficient (Wildman–Crippen LogP) is 3.06. The van der Waals surface area contributed by atoms with Gasteiger partial charge in [0.1, 0.15) is 5.76 Å². The van der Waals surface area contributed by atoms with Gasteiger partial charge in [0, 0.05) is 23.5 Å². The van der Waals surface area contributed by atoms with Gasteiger partial charge in [0.2, 0.25) is 5.91 Å². The van der Waals surface area contributed by atoms with Crippen molar-refractivity contribution >= 4 is 29.3 Å². The Labute approximate surface area is 133 Å². The van der Waals surface area contributed by atoms with E-state index in [2.05, 4.69) is 5.32 Å². The molecule has 0 saturated carbocycles. The van der Waals surface area contributed by atoms with Gasteiger partial charge in [0.05, 0.1) is 5.69 Å². The van der Waals surface area contributed by atoms with Crippen LogP contribution < -0.4 is 11.1 Å². The van der Waals surface area contributed by atoms with Crippen LogP contribution in [0.4, 0.5) is 5.69 Å². The van der Waals surface area contributed by atoms with Crippen molar-refractivity contribution in [2.75, 3.05) is 11.1 Å². The smallest absolute Gasteiger partial charge is 0.291 e. The Bertz CT molecular complexity index is 667. The van der Waals surface area contributed by atoms with Gasteiger partial charge in [-0.2, -0.15) is 0 Å². The summed E-state index contributed by atoms with van der Waals surface area (Å²) in [5.74, 6) is 1.01. The van der Waals surface area contributed by atoms with E-state index in [1.54, 1.807) is 12.1 Å². The Morgan fingerprint density at radius 3 is 2.68 bits per heavy atom. The summed E-state index contributed by atoms with van der Waals surface area (Å²) in [6, 6.07) is 10.9. The number of anilines is 1. The third-order valence-corrected chi connectivity index (χ3v) is 4.05. The summed E-state index contributed by atoms with van der Waals surface area (Å²) in [6.45, 7) is 1.96. The van der Waals surface area contributed by atoms with Gasteiger partial charge in [0.15, 0.2) is 5.76 Å². The number of hydrogen-bond acceptors (Lipinski definition) is 4.